The van der Waals surface area contributed by atoms with Crippen LogP contribution in [0.15, 0.2) is 35.6 Å². The van der Waals surface area contributed by atoms with E-state index in [0.29, 0.717) is 35.9 Å². The number of benzene rings is 1. The topological polar surface area (TPSA) is 95.7 Å². The number of ketones is 1. The number of fused-ring (bicyclic) bond motifs is 2. The molecule has 0 unspecified atom stereocenters. The van der Waals surface area contributed by atoms with Crippen molar-refractivity contribution < 1.29 is 19.1 Å². The molecule has 0 N–H and O–H groups in total. The van der Waals surface area contributed by atoms with E-state index < -0.39 is 0 Å². The van der Waals surface area contributed by atoms with Crippen LogP contribution in [-0.2, 0) is 16.0 Å². The second-order valence-electron chi connectivity index (χ2n) is 6.64. The molecule has 150 valence electrons. The molecule has 0 amide bonds. The number of ether oxygens (including phenoxy) is 2. The van der Waals surface area contributed by atoms with Crippen LogP contribution in [0.1, 0.15) is 40.9 Å². The van der Waals surface area contributed by atoms with Crippen molar-refractivity contribution in [3.05, 3.63) is 47.3 Å². The first kappa shape index (κ1) is 19.4. The summed E-state index contributed by atoms with van der Waals surface area (Å²) in [6.07, 6.45) is 2.76. The number of carbonyl (C=O) groups is 2. The lowest BCUT2D eigenvalue weighted by Gasteiger charge is -2.23. The normalized spacial score (nSPS) is 15.9. The SMILES string of the molecule is CCOC(=O)CSc1nc2nc3c(cn2n1)C(=O)C[C@H](c1ccc(OC)cc1)C3. The van der Waals surface area contributed by atoms with Crippen LogP contribution in [0, 0.1) is 0 Å². The fraction of sp³-hybridized carbons (Fsp3) is 0.350. The van der Waals surface area contributed by atoms with Gasteiger partial charge < -0.3 is 9.47 Å². The summed E-state index contributed by atoms with van der Waals surface area (Å²) in [5.41, 5.74) is 2.39. The second kappa shape index (κ2) is 8.20. The van der Waals surface area contributed by atoms with Gasteiger partial charge in [0.2, 0.25) is 5.16 Å². The Kier molecular flexibility index (Phi) is 5.48. The van der Waals surface area contributed by atoms with Gasteiger partial charge in [0.05, 0.1) is 30.7 Å². The first-order valence-electron chi connectivity index (χ1n) is 9.29. The number of nitrogens with zero attached hydrogens (tertiary/aromatic N) is 4. The molecule has 29 heavy (non-hydrogen) atoms. The fourth-order valence-electron chi connectivity index (χ4n) is 3.36. The minimum absolute atomic E-state index is 0.0395. The summed E-state index contributed by atoms with van der Waals surface area (Å²) < 4.78 is 11.6. The average Bonchev–Trinajstić information content (AvgIpc) is 3.13. The molecule has 4 rings (SSSR count). The Morgan fingerprint density at radius 3 is 2.76 bits per heavy atom. The molecule has 0 saturated carbocycles. The van der Waals surface area contributed by atoms with Gasteiger partial charge in [-0.1, -0.05) is 23.9 Å². The summed E-state index contributed by atoms with van der Waals surface area (Å²) in [5.74, 6) is 1.11. The van der Waals surface area contributed by atoms with Crippen LogP contribution in [0.2, 0.25) is 0 Å². The first-order chi connectivity index (χ1) is 14.1. The smallest absolute Gasteiger partial charge is 0.316 e. The molecular formula is C20H20N4O4S. The molecule has 0 saturated heterocycles. The maximum atomic E-state index is 12.7. The van der Waals surface area contributed by atoms with E-state index >= 15 is 0 Å². The lowest BCUT2D eigenvalue weighted by molar-refractivity contribution is -0.139. The van der Waals surface area contributed by atoms with Crippen LogP contribution in [0.25, 0.3) is 5.78 Å². The zero-order valence-electron chi connectivity index (χ0n) is 16.1. The lowest BCUT2D eigenvalue weighted by Crippen LogP contribution is -2.21. The summed E-state index contributed by atoms with van der Waals surface area (Å²) in [4.78, 5) is 33.2. The molecule has 1 aliphatic carbocycles. The summed E-state index contributed by atoms with van der Waals surface area (Å²) in [6, 6.07) is 7.78. The molecule has 8 nitrogen and oxygen atoms in total. The summed E-state index contributed by atoms with van der Waals surface area (Å²) in [7, 11) is 1.63. The number of carbonyl (C=O) groups excluding carboxylic acids is 2. The number of thioether (sulfide) groups is 1. The largest absolute Gasteiger partial charge is 0.497 e. The van der Waals surface area contributed by atoms with Crippen LogP contribution in [0.4, 0.5) is 0 Å². The second-order valence-corrected chi connectivity index (χ2v) is 7.58. The maximum absolute atomic E-state index is 12.7. The van der Waals surface area contributed by atoms with Crippen molar-refractivity contribution in [3.63, 3.8) is 0 Å². The highest BCUT2D eigenvalue weighted by Gasteiger charge is 2.28. The van der Waals surface area contributed by atoms with Gasteiger partial charge in [-0.3, -0.25) is 9.59 Å². The Morgan fingerprint density at radius 2 is 2.03 bits per heavy atom. The number of aromatic nitrogens is 4. The molecule has 0 radical (unpaired) electrons. The average molecular weight is 412 g/mol. The molecule has 9 heteroatoms. The first-order valence-corrected chi connectivity index (χ1v) is 10.3. The summed E-state index contributed by atoms with van der Waals surface area (Å²) in [6.45, 7) is 2.10. The fourth-order valence-corrected chi connectivity index (χ4v) is 3.99. The Morgan fingerprint density at radius 1 is 1.24 bits per heavy atom. The predicted octanol–water partition coefficient (Wildman–Crippen LogP) is 2.70. The molecule has 2 aromatic heterocycles. The van der Waals surface area contributed by atoms with E-state index in [1.54, 1.807) is 20.2 Å². The third kappa shape index (κ3) is 4.09. The number of esters is 1. The Bertz CT molecular complexity index is 1060. The minimum Gasteiger partial charge on any atom is -0.497 e. The molecular weight excluding hydrogens is 392 g/mol. The minimum atomic E-state index is -0.318. The molecule has 1 atom stereocenters. The van der Waals surface area contributed by atoms with E-state index in [0.717, 1.165) is 17.0 Å². The van der Waals surface area contributed by atoms with E-state index in [4.69, 9.17) is 9.47 Å². The van der Waals surface area contributed by atoms with Gasteiger partial charge in [0, 0.05) is 12.6 Å². The van der Waals surface area contributed by atoms with Gasteiger partial charge in [-0.05, 0) is 37.0 Å². The van der Waals surface area contributed by atoms with Crippen molar-refractivity contribution in [2.24, 2.45) is 0 Å². The number of hydrogen-bond donors (Lipinski definition) is 0. The molecule has 0 spiro atoms. The van der Waals surface area contributed by atoms with Crippen molar-refractivity contribution in [2.75, 3.05) is 19.5 Å². The number of hydrogen-bond acceptors (Lipinski definition) is 8. The zero-order chi connectivity index (χ0) is 20.4. The Labute approximate surface area is 171 Å². The monoisotopic (exact) mass is 412 g/mol. The van der Waals surface area contributed by atoms with Crippen LogP contribution < -0.4 is 4.74 Å². The summed E-state index contributed by atoms with van der Waals surface area (Å²) in [5, 5.41) is 4.74. The highest BCUT2D eigenvalue weighted by atomic mass is 32.2. The van der Waals surface area contributed by atoms with E-state index in [-0.39, 0.29) is 23.4 Å². The molecule has 1 aliphatic rings. The van der Waals surface area contributed by atoms with E-state index in [2.05, 4.69) is 15.1 Å². The van der Waals surface area contributed by atoms with E-state index in [1.807, 2.05) is 24.3 Å². The van der Waals surface area contributed by atoms with Crippen molar-refractivity contribution in [1.82, 2.24) is 19.6 Å². The quantitative estimate of drug-likeness (QED) is 0.450. The lowest BCUT2D eigenvalue weighted by atomic mass is 9.82. The molecule has 1 aromatic carbocycles. The van der Waals surface area contributed by atoms with Gasteiger partial charge in [-0.2, -0.15) is 4.98 Å². The van der Waals surface area contributed by atoms with Crippen molar-refractivity contribution in [3.8, 4) is 5.75 Å². The van der Waals surface area contributed by atoms with Gasteiger partial charge in [-0.15, -0.1) is 5.10 Å². The standard InChI is InChI=1S/C20H20N4O4S/c1-3-28-18(26)11-29-20-22-19-21-16-8-13(12-4-6-14(27-2)7-5-12)9-17(25)15(16)10-24(19)23-20/h4-7,10,13H,3,8-9,11H2,1-2H3/t13-/m1/s1. The zero-order valence-corrected chi connectivity index (χ0v) is 16.9. The third-order valence-corrected chi connectivity index (χ3v) is 5.59. The van der Waals surface area contributed by atoms with Gasteiger partial charge in [0.15, 0.2) is 5.78 Å². The van der Waals surface area contributed by atoms with Crippen molar-refractivity contribution in [1.29, 1.82) is 0 Å². The highest BCUT2D eigenvalue weighted by Crippen LogP contribution is 2.32. The maximum Gasteiger partial charge on any atom is 0.316 e. The molecule has 0 fully saturated rings. The summed E-state index contributed by atoms with van der Waals surface area (Å²) >= 11 is 1.18. The van der Waals surface area contributed by atoms with Crippen LogP contribution in [0.3, 0.4) is 0 Å². The van der Waals surface area contributed by atoms with E-state index in [9.17, 15) is 9.59 Å². The molecule has 0 bridgehead atoms. The number of rotatable bonds is 6. The van der Waals surface area contributed by atoms with Gasteiger partial charge in [0.1, 0.15) is 5.75 Å². The number of Topliss-reactive ketones (excluding diaryl/α,β-unsaturated/α-hetero) is 1. The Hall–Kier alpha value is -2.94. The van der Waals surface area contributed by atoms with Crippen LogP contribution in [-0.4, -0.2) is 50.8 Å². The third-order valence-electron chi connectivity index (χ3n) is 4.77. The van der Waals surface area contributed by atoms with Crippen LogP contribution >= 0.6 is 11.8 Å². The van der Waals surface area contributed by atoms with E-state index in [1.165, 1.54) is 16.3 Å². The molecule has 3 aromatic rings. The van der Waals surface area contributed by atoms with Crippen LogP contribution in [0.5, 0.6) is 5.75 Å². The van der Waals surface area contributed by atoms with Crippen molar-refractivity contribution in [2.45, 2.75) is 30.8 Å². The van der Waals surface area contributed by atoms with Crippen molar-refractivity contribution >= 4 is 29.3 Å². The molecule has 0 aliphatic heterocycles. The predicted molar refractivity (Wildman–Crippen MR) is 107 cm³/mol. The number of methoxy groups -OCH3 is 1. The van der Waals surface area contributed by atoms with Gasteiger partial charge in [-0.25, -0.2) is 9.50 Å². The van der Waals surface area contributed by atoms with Gasteiger partial charge in [0.25, 0.3) is 5.78 Å². The van der Waals surface area contributed by atoms with Gasteiger partial charge >= 0.3 is 5.97 Å². The Balaban J connectivity index is 1.56. The molecule has 2 heterocycles. The highest BCUT2D eigenvalue weighted by molar-refractivity contribution is 7.99.